The molecule has 2 aromatic heterocycles. The van der Waals surface area contributed by atoms with E-state index in [9.17, 15) is 4.79 Å². The molecule has 0 aliphatic rings. The largest absolute Gasteiger partial charge is 0.354 e. The average Bonchev–Trinajstić information content (AvgIpc) is 2.78. The van der Waals surface area contributed by atoms with Gasteiger partial charge in [-0.25, -0.2) is 4.98 Å². The minimum Gasteiger partial charge on any atom is -0.354 e. The molecule has 0 atom stereocenters. The molecule has 0 spiro atoms. The Balaban J connectivity index is 2.08. The topological polar surface area (TPSA) is 64.9 Å². The predicted octanol–water partition coefficient (Wildman–Crippen LogP) is 0.991. The Bertz CT molecular complexity index is 576. The molecule has 0 unspecified atom stereocenters. The number of amides is 1. The zero-order chi connectivity index (χ0) is 13.8. The Labute approximate surface area is 111 Å². The van der Waals surface area contributed by atoms with E-state index in [-0.39, 0.29) is 5.91 Å². The highest BCUT2D eigenvalue weighted by molar-refractivity contribution is 5.95. The van der Waals surface area contributed by atoms with Gasteiger partial charge in [0.1, 0.15) is 5.65 Å². The number of hydrogen-bond acceptors (Lipinski definition) is 4. The van der Waals surface area contributed by atoms with Crippen LogP contribution in [-0.4, -0.2) is 42.3 Å². The molecule has 2 heterocycles. The van der Waals surface area contributed by atoms with E-state index in [2.05, 4.69) is 10.3 Å². The summed E-state index contributed by atoms with van der Waals surface area (Å²) in [6.45, 7) is 2.21. The number of carbonyl (C=O) groups is 1. The summed E-state index contributed by atoms with van der Waals surface area (Å²) in [6.07, 6.45) is 3.28. The van der Waals surface area contributed by atoms with Gasteiger partial charge in [0, 0.05) is 32.2 Å². The van der Waals surface area contributed by atoms with Crippen molar-refractivity contribution in [2.75, 3.05) is 20.8 Å². The number of methoxy groups -OCH3 is 2. The number of hydrogen-bond donors (Lipinski definition) is 1. The van der Waals surface area contributed by atoms with Crippen LogP contribution in [0.4, 0.5) is 0 Å². The van der Waals surface area contributed by atoms with Crippen molar-refractivity contribution in [3.05, 3.63) is 35.8 Å². The molecule has 19 heavy (non-hydrogen) atoms. The van der Waals surface area contributed by atoms with Crippen LogP contribution in [-0.2, 0) is 9.47 Å². The van der Waals surface area contributed by atoms with E-state index in [1.54, 1.807) is 12.1 Å². The highest BCUT2D eigenvalue weighted by atomic mass is 16.7. The van der Waals surface area contributed by atoms with E-state index in [0.717, 1.165) is 11.3 Å². The van der Waals surface area contributed by atoms with Crippen LogP contribution in [0.1, 0.15) is 16.1 Å². The van der Waals surface area contributed by atoms with Crippen LogP contribution in [0.5, 0.6) is 0 Å². The number of nitrogens with one attached hydrogen (secondary N) is 1. The molecule has 102 valence electrons. The van der Waals surface area contributed by atoms with Crippen molar-refractivity contribution in [3.8, 4) is 0 Å². The van der Waals surface area contributed by atoms with Crippen LogP contribution >= 0.6 is 0 Å². The summed E-state index contributed by atoms with van der Waals surface area (Å²) >= 11 is 0. The molecule has 0 fully saturated rings. The molecule has 1 N–H and O–H groups in total. The van der Waals surface area contributed by atoms with E-state index >= 15 is 0 Å². The fourth-order valence-electron chi connectivity index (χ4n) is 1.79. The monoisotopic (exact) mass is 263 g/mol. The van der Waals surface area contributed by atoms with Crippen molar-refractivity contribution in [3.63, 3.8) is 0 Å². The van der Waals surface area contributed by atoms with Gasteiger partial charge < -0.3 is 19.2 Å². The smallest absolute Gasteiger partial charge is 0.251 e. The van der Waals surface area contributed by atoms with Gasteiger partial charge in [0.2, 0.25) is 0 Å². The fraction of sp³-hybridized carbons (Fsp3) is 0.385. The van der Waals surface area contributed by atoms with Crippen LogP contribution in [0.15, 0.2) is 24.5 Å². The van der Waals surface area contributed by atoms with Gasteiger partial charge in [-0.3, -0.25) is 4.79 Å². The van der Waals surface area contributed by atoms with Crippen LogP contribution in [0, 0.1) is 6.92 Å². The summed E-state index contributed by atoms with van der Waals surface area (Å²) in [7, 11) is 3.05. The molecule has 0 aliphatic heterocycles. The molecule has 1 amide bonds. The zero-order valence-corrected chi connectivity index (χ0v) is 11.2. The minimum atomic E-state index is -0.443. The van der Waals surface area contributed by atoms with E-state index < -0.39 is 6.29 Å². The second kappa shape index (κ2) is 5.81. The maximum Gasteiger partial charge on any atom is 0.251 e. The predicted molar refractivity (Wildman–Crippen MR) is 70.1 cm³/mol. The maximum atomic E-state index is 12.0. The lowest BCUT2D eigenvalue weighted by Gasteiger charge is -2.13. The highest BCUT2D eigenvalue weighted by Gasteiger charge is 2.10. The third-order valence-corrected chi connectivity index (χ3v) is 2.80. The number of carbonyl (C=O) groups excluding carboxylic acids is 1. The van der Waals surface area contributed by atoms with E-state index in [4.69, 9.17) is 9.47 Å². The van der Waals surface area contributed by atoms with Crippen molar-refractivity contribution in [1.29, 1.82) is 0 Å². The standard InChI is InChI=1S/C13H17N3O3/c1-9-8-16-5-4-10(6-11(16)15-9)13(17)14-7-12(18-2)19-3/h4-6,8,12H,7H2,1-3H3,(H,14,17). The molecule has 0 saturated heterocycles. The minimum absolute atomic E-state index is 0.178. The molecule has 6 heteroatoms. The normalized spacial score (nSPS) is 11.2. The van der Waals surface area contributed by atoms with Crippen molar-refractivity contribution in [2.24, 2.45) is 0 Å². The number of aryl methyl sites for hydroxylation is 1. The van der Waals surface area contributed by atoms with Crippen LogP contribution in [0.25, 0.3) is 5.65 Å². The maximum absolute atomic E-state index is 12.0. The lowest BCUT2D eigenvalue weighted by molar-refractivity contribution is -0.0974. The molecule has 0 saturated carbocycles. The summed E-state index contributed by atoms with van der Waals surface area (Å²) in [5, 5.41) is 2.75. The Kier molecular flexibility index (Phi) is 4.13. The summed E-state index contributed by atoms with van der Waals surface area (Å²) in [5.41, 5.74) is 2.22. The summed E-state index contributed by atoms with van der Waals surface area (Å²) in [6, 6.07) is 3.50. The third-order valence-electron chi connectivity index (χ3n) is 2.80. The van der Waals surface area contributed by atoms with Gasteiger partial charge in [-0.05, 0) is 19.1 Å². The molecule has 0 aliphatic carbocycles. The van der Waals surface area contributed by atoms with Gasteiger partial charge in [0.15, 0.2) is 6.29 Å². The van der Waals surface area contributed by atoms with Crippen molar-refractivity contribution in [2.45, 2.75) is 13.2 Å². The molecule has 2 aromatic rings. The lowest BCUT2D eigenvalue weighted by Crippen LogP contribution is -2.34. The van der Waals surface area contributed by atoms with Gasteiger partial charge in [-0.2, -0.15) is 0 Å². The summed E-state index contributed by atoms with van der Waals surface area (Å²) in [4.78, 5) is 16.3. The Morgan fingerprint density at radius 2 is 2.21 bits per heavy atom. The quantitative estimate of drug-likeness (QED) is 0.817. The van der Waals surface area contributed by atoms with E-state index in [0.29, 0.717) is 12.1 Å². The number of rotatable bonds is 5. The molecule has 2 rings (SSSR count). The van der Waals surface area contributed by atoms with E-state index in [1.165, 1.54) is 14.2 Å². The molecular formula is C13H17N3O3. The van der Waals surface area contributed by atoms with Gasteiger partial charge in [0.25, 0.3) is 5.91 Å². The summed E-state index contributed by atoms with van der Waals surface area (Å²) in [5.74, 6) is -0.178. The summed E-state index contributed by atoms with van der Waals surface area (Å²) < 4.78 is 11.9. The molecule has 0 bridgehead atoms. The first kappa shape index (κ1) is 13.5. The number of pyridine rings is 1. The van der Waals surface area contributed by atoms with Gasteiger partial charge in [0.05, 0.1) is 12.2 Å². The number of fused-ring (bicyclic) bond motifs is 1. The third kappa shape index (κ3) is 3.10. The van der Waals surface area contributed by atoms with Crippen LogP contribution in [0.3, 0.4) is 0 Å². The molecular weight excluding hydrogens is 246 g/mol. The zero-order valence-electron chi connectivity index (χ0n) is 11.2. The highest BCUT2D eigenvalue weighted by Crippen LogP contribution is 2.08. The van der Waals surface area contributed by atoms with Gasteiger partial charge in [-0.15, -0.1) is 0 Å². The van der Waals surface area contributed by atoms with Crippen molar-refractivity contribution < 1.29 is 14.3 Å². The van der Waals surface area contributed by atoms with Crippen molar-refractivity contribution in [1.82, 2.24) is 14.7 Å². The van der Waals surface area contributed by atoms with Gasteiger partial charge >= 0.3 is 0 Å². The Hall–Kier alpha value is -1.92. The fourth-order valence-corrected chi connectivity index (χ4v) is 1.79. The lowest BCUT2D eigenvalue weighted by atomic mass is 10.2. The first-order valence-corrected chi connectivity index (χ1v) is 5.93. The second-order valence-corrected chi connectivity index (χ2v) is 4.17. The molecule has 6 nitrogen and oxygen atoms in total. The molecule has 0 radical (unpaired) electrons. The first-order valence-electron chi connectivity index (χ1n) is 5.93. The second-order valence-electron chi connectivity index (χ2n) is 4.17. The average molecular weight is 263 g/mol. The van der Waals surface area contributed by atoms with Crippen molar-refractivity contribution >= 4 is 11.6 Å². The SMILES string of the molecule is COC(CNC(=O)c1ccn2cc(C)nc2c1)OC. The molecule has 0 aromatic carbocycles. The van der Waals surface area contributed by atoms with Crippen LogP contribution in [0.2, 0.25) is 0 Å². The number of ether oxygens (including phenoxy) is 2. The number of nitrogens with zero attached hydrogens (tertiary/aromatic N) is 2. The van der Waals surface area contributed by atoms with E-state index in [1.807, 2.05) is 23.7 Å². The Morgan fingerprint density at radius 1 is 1.47 bits per heavy atom. The van der Waals surface area contributed by atoms with Crippen LogP contribution < -0.4 is 5.32 Å². The Morgan fingerprint density at radius 3 is 2.89 bits per heavy atom. The number of aromatic nitrogens is 2. The number of imidazole rings is 1. The first-order chi connectivity index (χ1) is 9.13. The van der Waals surface area contributed by atoms with Gasteiger partial charge in [-0.1, -0.05) is 0 Å².